The van der Waals surface area contributed by atoms with Crippen LogP contribution < -0.4 is 14.8 Å². The van der Waals surface area contributed by atoms with E-state index in [2.05, 4.69) is 28.2 Å². The third-order valence-electron chi connectivity index (χ3n) is 3.15. The summed E-state index contributed by atoms with van der Waals surface area (Å²) in [5.74, 6) is 1.48. The molecule has 0 aliphatic carbocycles. The molecule has 2 aromatic carbocycles. The maximum absolute atomic E-state index is 5.97. The summed E-state index contributed by atoms with van der Waals surface area (Å²) < 4.78 is 12.3. The minimum absolute atomic E-state index is 0.514. The highest BCUT2D eigenvalue weighted by Crippen LogP contribution is 2.38. The lowest BCUT2D eigenvalue weighted by Crippen LogP contribution is -2.12. The summed E-state index contributed by atoms with van der Waals surface area (Å²) >= 11 is 3.63. The van der Waals surface area contributed by atoms with Gasteiger partial charge in [-0.3, -0.25) is 0 Å². The quantitative estimate of drug-likeness (QED) is 0.814. The first-order valence-corrected chi connectivity index (χ1v) is 7.78. The fraction of sp³-hybridized carbons (Fsp3) is 0.294. The Balaban J connectivity index is 2.19. The number of benzene rings is 2. The van der Waals surface area contributed by atoms with E-state index in [-0.39, 0.29) is 0 Å². The first kappa shape index (κ1) is 15.9. The highest BCUT2D eigenvalue weighted by atomic mass is 79.9. The topological polar surface area (TPSA) is 30.5 Å². The van der Waals surface area contributed by atoms with Crippen molar-refractivity contribution in [1.82, 2.24) is 5.32 Å². The van der Waals surface area contributed by atoms with Crippen LogP contribution in [0.4, 0.5) is 0 Å². The van der Waals surface area contributed by atoms with E-state index in [1.807, 2.05) is 42.5 Å². The van der Waals surface area contributed by atoms with Gasteiger partial charge in [-0.1, -0.05) is 43.3 Å². The third-order valence-corrected chi connectivity index (χ3v) is 4.02. The van der Waals surface area contributed by atoms with Gasteiger partial charge in [-0.2, -0.15) is 0 Å². The van der Waals surface area contributed by atoms with Gasteiger partial charge in [0.1, 0.15) is 6.61 Å². The van der Waals surface area contributed by atoms with Crippen LogP contribution in [0.15, 0.2) is 46.9 Å². The van der Waals surface area contributed by atoms with Crippen LogP contribution in [0.25, 0.3) is 0 Å². The summed E-state index contributed by atoms with van der Waals surface area (Å²) in [6.45, 7) is 4.33. The van der Waals surface area contributed by atoms with Crippen molar-refractivity contribution in [2.24, 2.45) is 0 Å². The predicted molar refractivity (Wildman–Crippen MR) is 88.8 cm³/mol. The van der Waals surface area contributed by atoms with Crippen LogP contribution in [0, 0.1) is 0 Å². The van der Waals surface area contributed by atoms with Crippen LogP contribution in [0.1, 0.15) is 18.1 Å². The average Bonchev–Trinajstić information content (AvgIpc) is 2.53. The Kier molecular flexibility index (Phi) is 6.08. The number of hydrogen-bond donors (Lipinski definition) is 1. The van der Waals surface area contributed by atoms with Gasteiger partial charge in [0.2, 0.25) is 0 Å². The summed E-state index contributed by atoms with van der Waals surface area (Å²) in [6, 6.07) is 14.1. The Bertz CT molecular complexity index is 573. The maximum atomic E-state index is 5.97. The van der Waals surface area contributed by atoms with Crippen LogP contribution in [-0.4, -0.2) is 13.7 Å². The van der Waals surface area contributed by atoms with E-state index in [0.29, 0.717) is 6.61 Å². The first-order chi connectivity index (χ1) is 10.3. The summed E-state index contributed by atoms with van der Waals surface area (Å²) in [4.78, 5) is 0. The molecule has 0 unspecified atom stereocenters. The van der Waals surface area contributed by atoms with E-state index in [9.17, 15) is 0 Å². The molecule has 4 heteroatoms. The van der Waals surface area contributed by atoms with Gasteiger partial charge in [0, 0.05) is 6.54 Å². The van der Waals surface area contributed by atoms with E-state index in [0.717, 1.165) is 40.2 Å². The molecule has 0 amide bonds. The van der Waals surface area contributed by atoms with Gasteiger partial charge in [-0.25, -0.2) is 0 Å². The molecule has 2 rings (SSSR count). The molecule has 0 aromatic heterocycles. The summed E-state index contributed by atoms with van der Waals surface area (Å²) in [5, 5.41) is 3.32. The maximum Gasteiger partial charge on any atom is 0.176 e. The summed E-state index contributed by atoms with van der Waals surface area (Å²) in [5.41, 5.74) is 2.28. The minimum atomic E-state index is 0.514. The first-order valence-electron chi connectivity index (χ1n) is 6.99. The van der Waals surface area contributed by atoms with E-state index in [4.69, 9.17) is 9.47 Å². The number of methoxy groups -OCH3 is 1. The average molecular weight is 350 g/mol. The van der Waals surface area contributed by atoms with Crippen LogP contribution in [0.2, 0.25) is 0 Å². The van der Waals surface area contributed by atoms with Crippen molar-refractivity contribution in [3.8, 4) is 11.5 Å². The zero-order chi connectivity index (χ0) is 15.1. The lowest BCUT2D eigenvalue weighted by molar-refractivity contribution is 0.282. The largest absolute Gasteiger partial charge is 0.493 e. The second-order valence-corrected chi connectivity index (χ2v) is 5.42. The van der Waals surface area contributed by atoms with Crippen molar-refractivity contribution in [3.05, 3.63) is 58.1 Å². The van der Waals surface area contributed by atoms with Crippen LogP contribution >= 0.6 is 15.9 Å². The second kappa shape index (κ2) is 8.05. The van der Waals surface area contributed by atoms with Crippen molar-refractivity contribution < 1.29 is 9.47 Å². The minimum Gasteiger partial charge on any atom is -0.493 e. The van der Waals surface area contributed by atoms with Crippen LogP contribution in [0.3, 0.4) is 0 Å². The monoisotopic (exact) mass is 349 g/mol. The van der Waals surface area contributed by atoms with Crippen molar-refractivity contribution >= 4 is 15.9 Å². The van der Waals surface area contributed by atoms with E-state index in [1.165, 1.54) is 0 Å². The Morgan fingerprint density at radius 3 is 2.52 bits per heavy atom. The van der Waals surface area contributed by atoms with Crippen molar-refractivity contribution in [3.63, 3.8) is 0 Å². The summed E-state index contributed by atoms with van der Waals surface area (Å²) in [7, 11) is 1.65. The molecular weight excluding hydrogens is 330 g/mol. The highest BCUT2D eigenvalue weighted by molar-refractivity contribution is 9.10. The van der Waals surface area contributed by atoms with Gasteiger partial charge in [-0.15, -0.1) is 0 Å². The van der Waals surface area contributed by atoms with Crippen LogP contribution in [-0.2, 0) is 13.2 Å². The highest BCUT2D eigenvalue weighted by Gasteiger charge is 2.13. The Morgan fingerprint density at radius 2 is 1.86 bits per heavy atom. The van der Waals surface area contributed by atoms with Gasteiger partial charge in [0.05, 0.1) is 11.6 Å². The Labute approximate surface area is 134 Å². The van der Waals surface area contributed by atoms with Gasteiger partial charge in [0.25, 0.3) is 0 Å². The van der Waals surface area contributed by atoms with Gasteiger partial charge in [0.15, 0.2) is 11.5 Å². The fourth-order valence-electron chi connectivity index (χ4n) is 2.00. The molecule has 0 aliphatic heterocycles. The molecule has 0 fully saturated rings. The molecule has 0 saturated heterocycles. The Hall–Kier alpha value is -1.52. The number of ether oxygens (including phenoxy) is 2. The molecule has 0 radical (unpaired) electrons. The molecule has 0 spiro atoms. The smallest absolute Gasteiger partial charge is 0.176 e. The molecule has 1 N–H and O–H groups in total. The van der Waals surface area contributed by atoms with Crippen molar-refractivity contribution in [1.29, 1.82) is 0 Å². The number of nitrogens with one attached hydrogen (secondary N) is 1. The lowest BCUT2D eigenvalue weighted by atomic mass is 10.2. The van der Waals surface area contributed by atoms with Gasteiger partial charge >= 0.3 is 0 Å². The Morgan fingerprint density at radius 1 is 1.10 bits per heavy atom. The summed E-state index contributed by atoms with van der Waals surface area (Å²) in [6.07, 6.45) is 0. The molecular formula is C17H20BrNO2. The predicted octanol–water partition coefficient (Wildman–Crippen LogP) is 4.15. The van der Waals surface area contributed by atoms with Crippen molar-refractivity contribution in [2.45, 2.75) is 20.1 Å². The fourth-order valence-corrected chi connectivity index (χ4v) is 2.58. The zero-order valence-corrected chi connectivity index (χ0v) is 13.9. The van der Waals surface area contributed by atoms with Gasteiger partial charge in [-0.05, 0) is 39.7 Å². The molecule has 3 nitrogen and oxygen atoms in total. The zero-order valence-electron chi connectivity index (χ0n) is 12.4. The molecule has 0 aliphatic rings. The molecule has 0 saturated carbocycles. The molecule has 21 heavy (non-hydrogen) atoms. The molecule has 0 bridgehead atoms. The standard InChI is InChI=1S/C17H20BrNO2/c1-3-19-11-14-9-10-15(20-2)17(16(14)18)21-12-13-7-5-4-6-8-13/h4-10,19H,3,11-12H2,1-2H3. The normalized spacial score (nSPS) is 10.4. The van der Waals surface area contributed by atoms with Crippen LogP contribution in [0.5, 0.6) is 11.5 Å². The van der Waals surface area contributed by atoms with E-state index in [1.54, 1.807) is 7.11 Å². The third kappa shape index (κ3) is 4.22. The molecule has 0 atom stereocenters. The molecule has 112 valence electrons. The number of halogens is 1. The SMILES string of the molecule is CCNCc1ccc(OC)c(OCc2ccccc2)c1Br. The number of hydrogen-bond acceptors (Lipinski definition) is 3. The second-order valence-electron chi connectivity index (χ2n) is 4.62. The van der Waals surface area contributed by atoms with E-state index >= 15 is 0 Å². The lowest BCUT2D eigenvalue weighted by Gasteiger charge is -2.15. The van der Waals surface area contributed by atoms with E-state index < -0.39 is 0 Å². The molecule has 2 aromatic rings. The van der Waals surface area contributed by atoms with Gasteiger partial charge < -0.3 is 14.8 Å². The number of rotatable bonds is 7. The van der Waals surface area contributed by atoms with Crippen molar-refractivity contribution in [2.75, 3.05) is 13.7 Å². The molecule has 0 heterocycles.